The van der Waals surface area contributed by atoms with Crippen LogP contribution in [0.5, 0.6) is 0 Å². The van der Waals surface area contributed by atoms with E-state index in [1.54, 1.807) is 0 Å². The number of ether oxygens (including phenoxy) is 2. The molecule has 1 rings (SSSR count). The number of hydrogen-bond acceptors (Lipinski definition) is 5. The molecule has 21 heavy (non-hydrogen) atoms. The van der Waals surface area contributed by atoms with E-state index >= 15 is 0 Å². The van der Waals surface area contributed by atoms with Crippen LogP contribution in [0.2, 0.25) is 0 Å². The van der Waals surface area contributed by atoms with Crippen LogP contribution < -0.4 is 0 Å². The number of alkyl halides is 6. The number of oxazole rings is 1. The predicted octanol–water partition coefficient (Wildman–Crippen LogP) is 2.82. The van der Waals surface area contributed by atoms with Crippen LogP contribution in [0, 0.1) is 0 Å². The third-order valence-electron chi connectivity index (χ3n) is 2.27. The van der Waals surface area contributed by atoms with Gasteiger partial charge < -0.3 is 13.9 Å². The summed E-state index contributed by atoms with van der Waals surface area (Å²) in [5.41, 5.74) is -0.516. The van der Waals surface area contributed by atoms with Gasteiger partial charge in [-0.25, -0.2) is 9.78 Å². The normalized spacial score (nSPS) is 12.8. The van der Waals surface area contributed by atoms with Crippen LogP contribution >= 0.6 is 0 Å². The zero-order valence-electron chi connectivity index (χ0n) is 10.6. The first-order chi connectivity index (χ1) is 9.52. The molecule has 0 atom stereocenters. The Hall–Kier alpha value is -1.78. The van der Waals surface area contributed by atoms with Crippen molar-refractivity contribution in [3.05, 3.63) is 17.3 Å². The lowest BCUT2D eigenvalue weighted by atomic mass is 10.1. The molecule has 0 amide bonds. The van der Waals surface area contributed by atoms with Crippen molar-refractivity contribution in [2.24, 2.45) is 0 Å². The van der Waals surface area contributed by atoms with Gasteiger partial charge in [-0.05, 0) is 0 Å². The highest BCUT2D eigenvalue weighted by Crippen LogP contribution is 2.46. The van der Waals surface area contributed by atoms with Crippen LogP contribution in [0.3, 0.4) is 0 Å². The Balaban J connectivity index is 3.37. The van der Waals surface area contributed by atoms with E-state index in [1.165, 1.54) is 0 Å². The number of aromatic nitrogens is 1. The molecule has 120 valence electrons. The summed E-state index contributed by atoms with van der Waals surface area (Å²) in [6.07, 6.45) is -11.4. The Morgan fingerprint density at radius 1 is 1.19 bits per heavy atom. The largest absolute Gasteiger partial charge is 0.463 e. The van der Waals surface area contributed by atoms with Gasteiger partial charge >= 0.3 is 18.3 Å². The van der Waals surface area contributed by atoms with Crippen molar-refractivity contribution in [2.45, 2.75) is 24.9 Å². The number of methoxy groups -OCH3 is 2. The van der Waals surface area contributed by atoms with E-state index < -0.39 is 48.2 Å². The third-order valence-corrected chi connectivity index (χ3v) is 2.27. The van der Waals surface area contributed by atoms with E-state index in [2.05, 4.69) is 18.9 Å². The molecule has 1 aromatic heterocycles. The van der Waals surface area contributed by atoms with Crippen molar-refractivity contribution in [1.82, 2.24) is 4.98 Å². The summed E-state index contributed by atoms with van der Waals surface area (Å²) < 4.78 is 88.3. The SMILES string of the molecule is COCc1nc(C(C(F)(F)F)C(F)(F)F)oc1C(=O)OC. The van der Waals surface area contributed by atoms with E-state index in [9.17, 15) is 31.1 Å². The molecule has 0 unspecified atom stereocenters. The molecule has 0 spiro atoms. The molecular weight excluding hydrogens is 312 g/mol. The first kappa shape index (κ1) is 17.3. The minimum absolute atomic E-state index is 0.516. The minimum atomic E-state index is -5.68. The summed E-state index contributed by atoms with van der Waals surface area (Å²) >= 11 is 0. The fourth-order valence-corrected chi connectivity index (χ4v) is 1.45. The van der Waals surface area contributed by atoms with Crippen LogP contribution in [-0.2, 0) is 16.1 Å². The first-order valence-electron chi connectivity index (χ1n) is 5.22. The van der Waals surface area contributed by atoms with Gasteiger partial charge in [-0.1, -0.05) is 0 Å². The molecule has 0 fully saturated rings. The number of nitrogens with zero attached hydrogens (tertiary/aromatic N) is 1. The van der Waals surface area contributed by atoms with Gasteiger partial charge in [0.25, 0.3) is 0 Å². The number of halogens is 6. The van der Waals surface area contributed by atoms with Crippen molar-refractivity contribution in [3.8, 4) is 0 Å². The highest BCUT2D eigenvalue weighted by molar-refractivity contribution is 5.87. The molecule has 0 radical (unpaired) electrons. The lowest BCUT2D eigenvalue weighted by Gasteiger charge is -2.19. The Labute approximate surface area is 113 Å². The highest BCUT2D eigenvalue weighted by Gasteiger charge is 2.60. The maximum absolute atomic E-state index is 12.5. The molecular formula is C10H9F6NO4. The Morgan fingerprint density at radius 3 is 2.10 bits per heavy atom. The Kier molecular flexibility index (Phi) is 4.87. The van der Waals surface area contributed by atoms with Crippen LogP contribution in [0.25, 0.3) is 0 Å². The zero-order valence-corrected chi connectivity index (χ0v) is 10.6. The second kappa shape index (κ2) is 5.92. The first-order valence-corrected chi connectivity index (χ1v) is 5.22. The smallest absolute Gasteiger partial charge is 0.409 e. The number of carbonyl (C=O) groups excluding carboxylic acids is 1. The van der Waals surface area contributed by atoms with Crippen molar-refractivity contribution in [3.63, 3.8) is 0 Å². The molecule has 0 saturated carbocycles. The van der Waals surface area contributed by atoms with E-state index in [0.29, 0.717) is 0 Å². The summed E-state index contributed by atoms with van der Waals surface area (Å²) in [4.78, 5) is 14.3. The van der Waals surface area contributed by atoms with E-state index in [1.807, 2.05) is 0 Å². The van der Waals surface area contributed by atoms with Gasteiger partial charge in [0.1, 0.15) is 5.69 Å². The molecule has 1 aromatic rings. The molecule has 0 aliphatic heterocycles. The van der Waals surface area contributed by atoms with Crippen molar-refractivity contribution in [2.75, 3.05) is 14.2 Å². The molecule has 1 heterocycles. The molecule has 11 heteroatoms. The molecule has 0 bridgehead atoms. The summed E-state index contributed by atoms with van der Waals surface area (Å²) in [6.45, 7) is -0.517. The summed E-state index contributed by atoms with van der Waals surface area (Å²) in [5, 5.41) is 0. The second-order valence-corrected chi connectivity index (χ2v) is 3.77. The fourth-order valence-electron chi connectivity index (χ4n) is 1.45. The number of hydrogen-bond donors (Lipinski definition) is 0. The lowest BCUT2D eigenvalue weighted by Crippen LogP contribution is -2.34. The molecule has 0 aliphatic carbocycles. The van der Waals surface area contributed by atoms with E-state index in [4.69, 9.17) is 0 Å². The quantitative estimate of drug-likeness (QED) is 0.630. The van der Waals surface area contributed by atoms with E-state index in [-0.39, 0.29) is 0 Å². The zero-order chi connectivity index (χ0) is 16.4. The Bertz CT molecular complexity index is 493. The number of carbonyl (C=O) groups is 1. The Morgan fingerprint density at radius 2 is 1.71 bits per heavy atom. The van der Waals surface area contributed by atoms with Crippen molar-refractivity contribution < 1.29 is 45.0 Å². The van der Waals surface area contributed by atoms with Gasteiger partial charge in [-0.2, -0.15) is 26.3 Å². The lowest BCUT2D eigenvalue weighted by molar-refractivity contribution is -0.258. The standard InChI is InChI=1S/C10H9F6NO4/c1-19-3-4-5(8(18)20-2)21-7(17-4)6(9(11,12)13)10(14,15)16/h6H,3H2,1-2H3. The summed E-state index contributed by atoms with van der Waals surface area (Å²) in [7, 11) is 1.99. The van der Waals surface area contributed by atoms with Gasteiger partial charge in [-0.3, -0.25) is 0 Å². The van der Waals surface area contributed by atoms with Crippen LogP contribution in [0.4, 0.5) is 26.3 Å². The van der Waals surface area contributed by atoms with Gasteiger partial charge in [0.05, 0.1) is 13.7 Å². The van der Waals surface area contributed by atoms with Gasteiger partial charge in [-0.15, -0.1) is 0 Å². The van der Waals surface area contributed by atoms with Gasteiger partial charge in [0, 0.05) is 7.11 Å². The van der Waals surface area contributed by atoms with E-state index in [0.717, 1.165) is 14.2 Å². The molecule has 5 nitrogen and oxygen atoms in total. The maximum atomic E-state index is 12.5. The van der Waals surface area contributed by atoms with Crippen LogP contribution in [0.15, 0.2) is 4.42 Å². The average molecular weight is 321 g/mol. The molecule has 0 aromatic carbocycles. The minimum Gasteiger partial charge on any atom is -0.463 e. The third kappa shape index (κ3) is 3.86. The fraction of sp³-hybridized carbons (Fsp3) is 0.600. The molecule has 0 saturated heterocycles. The predicted molar refractivity (Wildman–Crippen MR) is 53.4 cm³/mol. The topological polar surface area (TPSA) is 61.6 Å². The summed E-state index contributed by atoms with van der Waals surface area (Å²) in [6, 6.07) is 0. The number of esters is 1. The second-order valence-electron chi connectivity index (χ2n) is 3.77. The maximum Gasteiger partial charge on any atom is 0.409 e. The number of rotatable bonds is 4. The van der Waals surface area contributed by atoms with Gasteiger partial charge in [0.2, 0.25) is 17.6 Å². The average Bonchev–Trinajstić information content (AvgIpc) is 2.68. The molecule has 0 aliphatic rings. The van der Waals surface area contributed by atoms with Crippen molar-refractivity contribution >= 4 is 5.97 Å². The monoisotopic (exact) mass is 321 g/mol. The molecule has 0 N–H and O–H groups in total. The van der Waals surface area contributed by atoms with Gasteiger partial charge in [0.15, 0.2) is 0 Å². The summed E-state index contributed by atoms with van der Waals surface area (Å²) in [5.74, 6) is -7.77. The highest BCUT2D eigenvalue weighted by atomic mass is 19.4. The van der Waals surface area contributed by atoms with Crippen molar-refractivity contribution in [1.29, 1.82) is 0 Å². The van der Waals surface area contributed by atoms with Crippen LogP contribution in [0.1, 0.15) is 28.1 Å². The van der Waals surface area contributed by atoms with Crippen LogP contribution in [-0.4, -0.2) is 37.5 Å².